The lowest BCUT2D eigenvalue weighted by Crippen LogP contribution is -2.32. The largest absolute Gasteiger partial charge is 0.493 e. The van der Waals surface area contributed by atoms with Crippen molar-refractivity contribution in [3.63, 3.8) is 0 Å². The van der Waals surface area contributed by atoms with Crippen molar-refractivity contribution in [1.29, 1.82) is 0 Å². The Bertz CT molecular complexity index is 1260. The Morgan fingerprint density at radius 1 is 1.09 bits per heavy atom. The maximum atomic E-state index is 12.9. The van der Waals surface area contributed by atoms with Crippen molar-refractivity contribution in [3.8, 4) is 11.5 Å². The van der Waals surface area contributed by atoms with Crippen LogP contribution in [-0.2, 0) is 23.0 Å². The normalized spacial score (nSPS) is 14.4. The minimum absolute atomic E-state index is 0.372. The lowest BCUT2D eigenvalue weighted by Gasteiger charge is -2.29. The summed E-state index contributed by atoms with van der Waals surface area (Å²) in [5.41, 5.74) is 3.32. The lowest BCUT2D eigenvalue weighted by molar-refractivity contribution is 0.248. The smallest absolute Gasteiger partial charge is 0.250 e. The van der Waals surface area contributed by atoms with Gasteiger partial charge in [0.1, 0.15) is 4.21 Å². The standard InChI is InChI=1S/C24H29ClN2O4S2/c1-16-20-14-19(25)6-7-23(20)32-24(16)33(28,29)26-9-4-5-10-27-11-8-17-12-21(30-2)22(31-3)13-18(17)15-27/h6-7,12-14,26H,4-5,8-11,15H2,1-3H3. The zero-order chi connectivity index (χ0) is 23.6. The van der Waals surface area contributed by atoms with E-state index in [9.17, 15) is 8.42 Å². The molecule has 0 atom stereocenters. The van der Waals surface area contributed by atoms with E-state index in [1.165, 1.54) is 22.5 Å². The molecule has 0 saturated carbocycles. The second-order valence-electron chi connectivity index (χ2n) is 8.26. The van der Waals surface area contributed by atoms with Crippen LogP contribution in [0.1, 0.15) is 29.5 Å². The van der Waals surface area contributed by atoms with E-state index in [-0.39, 0.29) is 0 Å². The molecule has 0 saturated heterocycles. The van der Waals surface area contributed by atoms with Gasteiger partial charge in [0.05, 0.1) is 14.2 Å². The number of thiophene rings is 1. The van der Waals surface area contributed by atoms with Crippen LogP contribution in [0.3, 0.4) is 0 Å². The lowest BCUT2D eigenvalue weighted by atomic mass is 9.98. The van der Waals surface area contributed by atoms with Crippen LogP contribution in [0.4, 0.5) is 0 Å². The highest BCUT2D eigenvalue weighted by atomic mass is 35.5. The molecule has 33 heavy (non-hydrogen) atoms. The van der Waals surface area contributed by atoms with E-state index in [1.807, 2.05) is 19.1 Å². The quantitative estimate of drug-likeness (QED) is 0.412. The fraction of sp³-hybridized carbons (Fsp3) is 0.417. The third-order valence-electron chi connectivity index (χ3n) is 6.09. The van der Waals surface area contributed by atoms with Gasteiger partial charge in [-0.25, -0.2) is 13.1 Å². The van der Waals surface area contributed by atoms with E-state index in [0.29, 0.717) is 15.8 Å². The number of nitrogens with zero attached hydrogens (tertiary/aromatic N) is 1. The van der Waals surface area contributed by atoms with Crippen molar-refractivity contribution in [2.24, 2.45) is 0 Å². The molecule has 0 amide bonds. The third-order valence-corrected chi connectivity index (χ3v) is 9.68. The van der Waals surface area contributed by atoms with Crippen LogP contribution in [0.5, 0.6) is 11.5 Å². The molecule has 1 aliphatic rings. The maximum Gasteiger partial charge on any atom is 0.250 e. The third kappa shape index (κ3) is 5.30. The minimum atomic E-state index is -3.54. The second kappa shape index (κ2) is 10.2. The summed E-state index contributed by atoms with van der Waals surface area (Å²) in [5.74, 6) is 1.53. The van der Waals surface area contributed by atoms with E-state index in [0.717, 1.165) is 66.0 Å². The number of methoxy groups -OCH3 is 2. The van der Waals surface area contributed by atoms with E-state index < -0.39 is 10.0 Å². The molecule has 6 nitrogen and oxygen atoms in total. The number of rotatable bonds is 9. The molecule has 4 rings (SSSR count). The Hall–Kier alpha value is -1.84. The van der Waals surface area contributed by atoms with E-state index in [1.54, 1.807) is 20.3 Å². The number of ether oxygens (including phenoxy) is 2. The summed E-state index contributed by atoms with van der Waals surface area (Å²) in [7, 11) is -0.227. The van der Waals surface area contributed by atoms with E-state index >= 15 is 0 Å². The predicted octanol–water partition coefficient (Wildman–Crippen LogP) is 5.00. The minimum Gasteiger partial charge on any atom is -0.493 e. The number of hydrogen-bond acceptors (Lipinski definition) is 6. The van der Waals surface area contributed by atoms with Crippen molar-refractivity contribution in [3.05, 3.63) is 52.0 Å². The second-order valence-corrected chi connectivity index (χ2v) is 11.7. The zero-order valence-electron chi connectivity index (χ0n) is 19.1. The van der Waals surface area contributed by atoms with Gasteiger partial charge in [0.15, 0.2) is 11.5 Å². The Morgan fingerprint density at radius 2 is 1.82 bits per heavy atom. The number of sulfonamides is 1. The SMILES string of the molecule is COc1cc2c(cc1OC)CN(CCCCNS(=O)(=O)c1sc3ccc(Cl)cc3c1C)CC2. The molecule has 1 aromatic heterocycles. The fourth-order valence-corrected chi connectivity index (χ4v) is 7.33. The number of benzene rings is 2. The first-order valence-electron chi connectivity index (χ1n) is 11.0. The molecule has 0 radical (unpaired) electrons. The summed E-state index contributed by atoms with van der Waals surface area (Å²) in [5, 5.41) is 1.51. The van der Waals surface area contributed by atoms with Gasteiger partial charge in [0, 0.05) is 29.4 Å². The summed E-state index contributed by atoms with van der Waals surface area (Å²) in [6.07, 6.45) is 2.67. The van der Waals surface area contributed by atoms with Gasteiger partial charge in [0.25, 0.3) is 0 Å². The molecule has 1 aliphatic heterocycles. The molecule has 2 heterocycles. The molecule has 0 aliphatic carbocycles. The van der Waals surface area contributed by atoms with Crippen LogP contribution in [-0.4, -0.2) is 47.2 Å². The molecular weight excluding hydrogens is 480 g/mol. The van der Waals surface area contributed by atoms with Crippen LogP contribution < -0.4 is 14.2 Å². The number of hydrogen-bond donors (Lipinski definition) is 1. The van der Waals surface area contributed by atoms with Crippen molar-refractivity contribution < 1.29 is 17.9 Å². The predicted molar refractivity (Wildman–Crippen MR) is 135 cm³/mol. The maximum absolute atomic E-state index is 12.9. The molecule has 0 bridgehead atoms. The molecule has 0 fully saturated rings. The average Bonchev–Trinajstić information content (AvgIpc) is 3.14. The highest BCUT2D eigenvalue weighted by Gasteiger charge is 2.22. The number of nitrogens with one attached hydrogen (secondary N) is 1. The van der Waals surface area contributed by atoms with Crippen LogP contribution in [0, 0.1) is 6.92 Å². The monoisotopic (exact) mass is 508 g/mol. The van der Waals surface area contributed by atoms with Gasteiger partial charge in [-0.15, -0.1) is 11.3 Å². The van der Waals surface area contributed by atoms with Crippen molar-refractivity contribution in [1.82, 2.24) is 9.62 Å². The van der Waals surface area contributed by atoms with Crippen LogP contribution in [0.15, 0.2) is 34.5 Å². The van der Waals surface area contributed by atoms with Gasteiger partial charge in [0.2, 0.25) is 10.0 Å². The van der Waals surface area contributed by atoms with Crippen LogP contribution in [0.25, 0.3) is 10.1 Å². The Balaban J connectivity index is 1.29. The summed E-state index contributed by atoms with van der Waals surface area (Å²) >= 11 is 7.37. The molecule has 0 unspecified atom stereocenters. The Labute approximate surface area is 204 Å². The van der Waals surface area contributed by atoms with Crippen molar-refractivity contribution in [2.75, 3.05) is 33.9 Å². The number of fused-ring (bicyclic) bond motifs is 2. The Kier molecular flexibility index (Phi) is 7.50. The summed E-state index contributed by atoms with van der Waals surface area (Å²) in [6, 6.07) is 9.62. The molecule has 9 heteroatoms. The van der Waals surface area contributed by atoms with Crippen LogP contribution >= 0.6 is 22.9 Å². The number of unbranched alkanes of at least 4 members (excludes halogenated alkanes) is 1. The summed E-state index contributed by atoms with van der Waals surface area (Å²) in [6.45, 7) is 5.04. The Morgan fingerprint density at radius 3 is 2.55 bits per heavy atom. The average molecular weight is 509 g/mol. The van der Waals surface area contributed by atoms with E-state index in [4.69, 9.17) is 21.1 Å². The van der Waals surface area contributed by atoms with Gasteiger partial charge in [-0.3, -0.25) is 4.90 Å². The first-order valence-corrected chi connectivity index (χ1v) is 13.6. The molecular formula is C24H29ClN2O4S2. The van der Waals surface area contributed by atoms with Gasteiger partial charge >= 0.3 is 0 Å². The van der Waals surface area contributed by atoms with E-state index in [2.05, 4.69) is 21.8 Å². The summed E-state index contributed by atoms with van der Waals surface area (Å²) in [4.78, 5) is 2.41. The van der Waals surface area contributed by atoms with Gasteiger partial charge < -0.3 is 9.47 Å². The molecule has 2 aromatic carbocycles. The molecule has 178 valence electrons. The van der Waals surface area contributed by atoms with Gasteiger partial charge in [-0.1, -0.05) is 11.6 Å². The first-order chi connectivity index (χ1) is 15.8. The number of halogens is 1. The van der Waals surface area contributed by atoms with Crippen molar-refractivity contribution in [2.45, 2.75) is 36.9 Å². The molecule has 0 spiro atoms. The molecule has 3 aromatic rings. The van der Waals surface area contributed by atoms with Gasteiger partial charge in [-0.05, 0) is 85.1 Å². The fourth-order valence-electron chi connectivity index (χ4n) is 4.29. The van der Waals surface area contributed by atoms with Gasteiger partial charge in [-0.2, -0.15) is 0 Å². The number of aryl methyl sites for hydroxylation is 1. The highest BCUT2D eigenvalue weighted by Crippen LogP contribution is 2.35. The molecule has 1 N–H and O–H groups in total. The van der Waals surface area contributed by atoms with Crippen LogP contribution in [0.2, 0.25) is 5.02 Å². The van der Waals surface area contributed by atoms with Crippen molar-refractivity contribution >= 4 is 43.0 Å². The topological polar surface area (TPSA) is 67.9 Å². The zero-order valence-corrected chi connectivity index (χ0v) is 21.5. The highest BCUT2D eigenvalue weighted by molar-refractivity contribution is 7.91. The summed E-state index contributed by atoms with van der Waals surface area (Å²) < 4.78 is 40.6. The first kappa shape index (κ1) is 24.3.